The normalized spacial score (nSPS) is 13.6. The van der Waals surface area contributed by atoms with E-state index in [1.165, 1.54) is 11.9 Å². The number of nitrogens with one attached hydrogen (secondary N) is 1. The van der Waals surface area contributed by atoms with Crippen LogP contribution in [-0.2, 0) is 9.59 Å². The second kappa shape index (κ2) is 8.01. The molecule has 0 aliphatic rings. The lowest BCUT2D eigenvalue weighted by Crippen LogP contribution is -2.47. The number of benzene rings is 1. The third-order valence-corrected chi connectivity index (χ3v) is 3.82. The zero-order chi connectivity index (χ0) is 17.7. The maximum absolute atomic E-state index is 13.8. The Morgan fingerprint density at radius 2 is 1.87 bits per heavy atom. The van der Waals surface area contributed by atoms with Gasteiger partial charge in [0.25, 0.3) is 0 Å². The first-order chi connectivity index (χ1) is 10.6. The van der Waals surface area contributed by atoms with E-state index in [-0.39, 0.29) is 18.0 Å². The third-order valence-electron chi connectivity index (χ3n) is 3.82. The summed E-state index contributed by atoms with van der Waals surface area (Å²) in [6.45, 7) is 4.93. The molecule has 0 aliphatic carbocycles. The van der Waals surface area contributed by atoms with E-state index in [0.29, 0.717) is 0 Å². The number of nitrogens with zero attached hydrogens (tertiary/aromatic N) is 1. The van der Waals surface area contributed by atoms with Crippen LogP contribution in [0.1, 0.15) is 32.4 Å². The molecule has 0 fully saturated rings. The van der Waals surface area contributed by atoms with E-state index in [1.807, 2.05) is 0 Å². The topological polar surface area (TPSA) is 75.4 Å². The third kappa shape index (κ3) is 4.99. The quantitative estimate of drug-likeness (QED) is 0.833. The second-order valence-electron chi connectivity index (χ2n) is 5.83. The molecule has 2 amide bonds. The van der Waals surface area contributed by atoms with Crippen molar-refractivity contribution in [1.82, 2.24) is 10.2 Å². The molecule has 5 nitrogen and oxygen atoms in total. The minimum atomic E-state index is -0.703. The van der Waals surface area contributed by atoms with E-state index in [2.05, 4.69) is 5.32 Å². The number of amides is 2. The van der Waals surface area contributed by atoms with Gasteiger partial charge >= 0.3 is 0 Å². The highest BCUT2D eigenvalue weighted by molar-refractivity contribution is 5.87. The molecule has 1 aromatic rings. The van der Waals surface area contributed by atoms with Gasteiger partial charge in [0.1, 0.15) is 11.6 Å². The molecular formula is C16H23F2N3O2. The van der Waals surface area contributed by atoms with E-state index in [1.54, 1.807) is 20.8 Å². The highest BCUT2D eigenvalue weighted by Gasteiger charge is 2.22. The van der Waals surface area contributed by atoms with Gasteiger partial charge in [-0.1, -0.05) is 13.8 Å². The minimum absolute atomic E-state index is 0.0526. The maximum atomic E-state index is 13.8. The summed E-state index contributed by atoms with van der Waals surface area (Å²) in [5.74, 6) is -2.07. The SMILES string of the molecule is CC(C)[C@H](N)C(=O)NCC(=O)N(C)C(C)c1cc(F)ccc1F. The first-order valence-electron chi connectivity index (χ1n) is 7.39. The lowest BCUT2D eigenvalue weighted by atomic mass is 10.0. The van der Waals surface area contributed by atoms with Crippen LogP contribution >= 0.6 is 0 Å². The molecule has 0 aromatic heterocycles. The standard InChI is InChI=1S/C16H23F2N3O2/c1-9(2)15(19)16(23)20-8-14(22)21(4)10(3)12-7-11(17)5-6-13(12)18/h5-7,9-10,15H,8,19H2,1-4H3,(H,20,23)/t10?,15-/m0/s1. The van der Waals surface area contributed by atoms with Gasteiger partial charge in [0, 0.05) is 12.6 Å². The van der Waals surface area contributed by atoms with Crippen molar-refractivity contribution in [1.29, 1.82) is 0 Å². The summed E-state index contributed by atoms with van der Waals surface area (Å²) in [6.07, 6.45) is 0. The fourth-order valence-corrected chi connectivity index (χ4v) is 1.97. The van der Waals surface area contributed by atoms with Crippen LogP contribution in [-0.4, -0.2) is 36.3 Å². The first-order valence-corrected chi connectivity index (χ1v) is 7.39. The molecule has 1 unspecified atom stereocenters. The number of rotatable bonds is 6. The van der Waals surface area contributed by atoms with Crippen molar-refractivity contribution in [3.05, 3.63) is 35.4 Å². The van der Waals surface area contributed by atoms with Gasteiger partial charge in [-0.25, -0.2) is 8.78 Å². The Kier molecular flexibility index (Phi) is 6.62. The van der Waals surface area contributed by atoms with Gasteiger partial charge in [-0.3, -0.25) is 9.59 Å². The minimum Gasteiger partial charge on any atom is -0.346 e. The van der Waals surface area contributed by atoms with Gasteiger partial charge in [0.15, 0.2) is 0 Å². The number of carbonyl (C=O) groups excluding carboxylic acids is 2. The highest BCUT2D eigenvalue weighted by atomic mass is 19.1. The molecule has 128 valence electrons. The largest absolute Gasteiger partial charge is 0.346 e. The van der Waals surface area contributed by atoms with Crippen LogP contribution in [0.2, 0.25) is 0 Å². The Morgan fingerprint density at radius 3 is 2.43 bits per heavy atom. The molecule has 0 saturated heterocycles. The summed E-state index contributed by atoms with van der Waals surface area (Å²) in [5.41, 5.74) is 5.76. The zero-order valence-corrected chi connectivity index (χ0v) is 13.8. The van der Waals surface area contributed by atoms with E-state index in [0.717, 1.165) is 18.2 Å². The monoisotopic (exact) mass is 327 g/mol. The molecule has 3 N–H and O–H groups in total. The van der Waals surface area contributed by atoms with Crippen molar-refractivity contribution in [3.63, 3.8) is 0 Å². The van der Waals surface area contributed by atoms with E-state index in [9.17, 15) is 18.4 Å². The van der Waals surface area contributed by atoms with Gasteiger partial charge in [-0.2, -0.15) is 0 Å². The fraction of sp³-hybridized carbons (Fsp3) is 0.500. The number of carbonyl (C=O) groups is 2. The Hall–Kier alpha value is -2.02. The number of hydrogen-bond donors (Lipinski definition) is 2. The lowest BCUT2D eigenvalue weighted by Gasteiger charge is -2.26. The number of nitrogens with two attached hydrogens (primary N) is 1. The van der Waals surface area contributed by atoms with Crippen LogP contribution in [0.4, 0.5) is 8.78 Å². The maximum Gasteiger partial charge on any atom is 0.242 e. The van der Waals surface area contributed by atoms with Crippen LogP contribution in [0.3, 0.4) is 0 Å². The highest BCUT2D eigenvalue weighted by Crippen LogP contribution is 2.22. The van der Waals surface area contributed by atoms with Gasteiger partial charge in [0.2, 0.25) is 11.8 Å². The summed E-state index contributed by atoms with van der Waals surface area (Å²) < 4.78 is 27.0. The van der Waals surface area contributed by atoms with Gasteiger partial charge in [-0.05, 0) is 31.0 Å². The van der Waals surface area contributed by atoms with Crippen molar-refractivity contribution in [2.75, 3.05) is 13.6 Å². The molecule has 0 aliphatic heterocycles. The predicted molar refractivity (Wildman–Crippen MR) is 83.4 cm³/mol. The summed E-state index contributed by atoms with van der Waals surface area (Å²) in [5, 5.41) is 2.45. The summed E-state index contributed by atoms with van der Waals surface area (Å²) in [4.78, 5) is 25.1. The molecule has 23 heavy (non-hydrogen) atoms. The van der Waals surface area contributed by atoms with Crippen molar-refractivity contribution in [2.24, 2.45) is 11.7 Å². The smallest absolute Gasteiger partial charge is 0.242 e. The Morgan fingerprint density at radius 1 is 1.26 bits per heavy atom. The van der Waals surface area contributed by atoms with Gasteiger partial charge in [0.05, 0.1) is 18.6 Å². The Balaban J connectivity index is 2.69. The van der Waals surface area contributed by atoms with Crippen LogP contribution in [0.15, 0.2) is 18.2 Å². The summed E-state index contributed by atoms with van der Waals surface area (Å²) >= 11 is 0. The van der Waals surface area contributed by atoms with E-state index in [4.69, 9.17) is 5.73 Å². The second-order valence-corrected chi connectivity index (χ2v) is 5.83. The number of likely N-dealkylation sites (N-methyl/N-ethyl adjacent to an activating group) is 1. The fourth-order valence-electron chi connectivity index (χ4n) is 1.97. The predicted octanol–water partition coefficient (Wildman–Crippen LogP) is 1.58. The van der Waals surface area contributed by atoms with Crippen LogP contribution < -0.4 is 11.1 Å². The molecule has 1 aromatic carbocycles. The molecule has 0 heterocycles. The molecule has 1 rings (SSSR count). The number of hydrogen-bond acceptors (Lipinski definition) is 3. The van der Waals surface area contributed by atoms with Crippen molar-refractivity contribution in [3.8, 4) is 0 Å². The molecule has 0 radical (unpaired) electrons. The Labute approximate surface area is 134 Å². The van der Waals surface area contributed by atoms with E-state index < -0.39 is 35.5 Å². The van der Waals surface area contributed by atoms with Gasteiger partial charge < -0.3 is 16.0 Å². The first kappa shape index (κ1) is 19.0. The molecule has 0 spiro atoms. The lowest BCUT2D eigenvalue weighted by molar-refractivity contribution is -0.133. The molecular weight excluding hydrogens is 304 g/mol. The van der Waals surface area contributed by atoms with Crippen molar-refractivity contribution < 1.29 is 18.4 Å². The average molecular weight is 327 g/mol. The molecule has 7 heteroatoms. The van der Waals surface area contributed by atoms with Crippen LogP contribution in [0.5, 0.6) is 0 Å². The molecule has 0 bridgehead atoms. The van der Waals surface area contributed by atoms with Crippen molar-refractivity contribution in [2.45, 2.75) is 32.9 Å². The number of halogens is 2. The zero-order valence-electron chi connectivity index (χ0n) is 13.8. The Bertz CT molecular complexity index is 578. The molecule has 2 atom stereocenters. The van der Waals surface area contributed by atoms with Gasteiger partial charge in [-0.15, -0.1) is 0 Å². The average Bonchev–Trinajstić information content (AvgIpc) is 2.52. The van der Waals surface area contributed by atoms with Crippen LogP contribution in [0.25, 0.3) is 0 Å². The molecule has 0 saturated carbocycles. The summed E-state index contributed by atoms with van der Waals surface area (Å²) in [7, 11) is 1.46. The van der Waals surface area contributed by atoms with E-state index >= 15 is 0 Å². The summed E-state index contributed by atoms with van der Waals surface area (Å²) in [6, 6.07) is 1.71. The van der Waals surface area contributed by atoms with Crippen LogP contribution in [0, 0.1) is 17.6 Å². The van der Waals surface area contributed by atoms with Crippen molar-refractivity contribution >= 4 is 11.8 Å².